The summed E-state index contributed by atoms with van der Waals surface area (Å²) in [6.45, 7) is 0.0512. The Morgan fingerprint density at radius 1 is 1.43 bits per heavy atom. The maximum atomic E-state index is 12.8. The zero-order chi connectivity index (χ0) is 17.4. The van der Waals surface area contributed by atoms with Crippen LogP contribution in [0.25, 0.3) is 0 Å². The van der Waals surface area contributed by atoms with E-state index in [1.54, 1.807) is 0 Å². The molecule has 23 heavy (non-hydrogen) atoms. The van der Waals surface area contributed by atoms with E-state index in [4.69, 9.17) is 0 Å². The van der Waals surface area contributed by atoms with Gasteiger partial charge in [0.15, 0.2) is 5.69 Å². The Balaban J connectivity index is 2.10. The number of nitrogens with zero attached hydrogens (tertiary/aromatic N) is 3. The number of alkyl halides is 3. The largest absolute Gasteiger partial charge is 0.437 e. The van der Waals surface area contributed by atoms with Gasteiger partial charge in [0, 0.05) is 26.3 Å². The molecule has 0 saturated carbocycles. The highest BCUT2D eigenvalue weighted by Crippen LogP contribution is 2.33. The van der Waals surface area contributed by atoms with Crippen LogP contribution in [0.3, 0.4) is 0 Å². The summed E-state index contributed by atoms with van der Waals surface area (Å²) in [6.07, 6.45) is -3.44. The molecule has 1 saturated heterocycles. The van der Waals surface area contributed by atoms with Crippen molar-refractivity contribution in [3.63, 3.8) is 0 Å². The highest BCUT2D eigenvalue weighted by molar-refractivity contribution is 7.90. The average Bonchev–Trinajstić information content (AvgIpc) is 3.05. The number of urea groups is 1. The minimum absolute atomic E-state index is 0.0867. The molecule has 130 valence electrons. The first-order valence-electron chi connectivity index (χ1n) is 6.63. The summed E-state index contributed by atoms with van der Waals surface area (Å²) in [6, 6.07) is -0.794. The smallest absolute Gasteiger partial charge is 0.323 e. The molecule has 0 aromatic carbocycles. The molecule has 2 heterocycles. The fraction of sp³-hybridized carbons (Fsp3) is 0.636. The second-order valence-corrected chi connectivity index (χ2v) is 7.26. The van der Waals surface area contributed by atoms with Crippen LogP contribution in [0.5, 0.6) is 0 Å². The van der Waals surface area contributed by atoms with Crippen molar-refractivity contribution in [3.8, 4) is 0 Å². The SMILES string of the molecule is CNS(=O)(=O)C1CCN(C(=O)Nc2cn(C)nc2C(F)(F)F)C1. The highest BCUT2D eigenvalue weighted by atomic mass is 32.2. The van der Waals surface area contributed by atoms with Crippen LogP contribution in [-0.4, -0.2) is 54.5 Å². The Hall–Kier alpha value is -1.82. The van der Waals surface area contributed by atoms with E-state index in [9.17, 15) is 26.4 Å². The van der Waals surface area contributed by atoms with E-state index >= 15 is 0 Å². The molecule has 2 rings (SSSR count). The number of halogens is 3. The Kier molecular flexibility index (Phi) is 4.57. The van der Waals surface area contributed by atoms with Crippen molar-refractivity contribution < 1.29 is 26.4 Å². The van der Waals surface area contributed by atoms with E-state index in [2.05, 4.69) is 15.1 Å². The highest BCUT2D eigenvalue weighted by Gasteiger charge is 2.39. The molecule has 1 atom stereocenters. The van der Waals surface area contributed by atoms with Gasteiger partial charge in [-0.15, -0.1) is 0 Å². The molecule has 2 amide bonds. The number of sulfonamides is 1. The fourth-order valence-electron chi connectivity index (χ4n) is 2.32. The summed E-state index contributed by atoms with van der Waals surface area (Å²) in [5.74, 6) is 0. The number of hydrogen-bond acceptors (Lipinski definition) is 4. The van der Waals surface area contributed by atoms with Gasteiger partial charge >= 0.3 is 12.2 Å². The Bertz CT molecular complexity index is 700. The number of rotatable bonds is 3. The summed E-state index contributed by atoms with van der Waals surface area (Å²) >= 11 is 0. The van der Waals surface area contributed by atoms with E-state index in [0.29, 0.717) is 0 Å². The molecule has 0 bridgehead atoms. The van der Waals surface area contributed by atoms with Gasteiger partial charge in [0.1, 0.15) is 0 Å². The molecule has 8 nitrogen and oxygen atoms in total. The Labute approximate surface area is 130 Å². The second kappa shape index (κ2) is 6.00. The van der Waals surface area contributed by atoms with E-state index < -0.39 is 38.9 Å². The van der Waals surface area contributed by atoms with Crippen LogP contribution in [0.2, 0.25) is 0 Å². The summed E-state index contributed by atoms with van der Waals surface area (Å²) in [5.41, 5.74) is -1.67. The predicted octanol–water partition coefficient (Wildman–Crippen LogP) is 0.594. The van der Waals surface area contributed by atoms with Crippen LogP contribution < -0.4 is 10.0 Å². The first-order chi connectivity index (χ1) is 10.5. The van der Waals surface area contributed by atoms with Gasteiger partial charge in [-0.2, -0.15) is 18.3 Å². The van der Waals surface area contributed by atoms with Gasteiger partial charge in [-0.05, 0) is 13.5 Å². The zero-order valence-electron chi connectivity index (χ0n) is 12.4. The third-order valence-electron chi connectivity index (χ3n) is 3.49. The van der Waals surface area contributed by atoms with E-state index in [1.807, 2.05) is 0 Å². The number of carbonyl (C=O) groups is 1. The van der Waals surface area contributed by atoms with Gasteiger partial charge in [0.2, 0.25) is 10.0 Å². The standard InChI is InChI=1S/C11H16F3N5O3S/c1-15-23(21,22)7-3-4-19(5-7)10(20)16-8-6-18(2)17-9(8)11(12,13)14/h6-7,15H,3-5H2,1-2H3,(H,16,20). The van der Waals surface area contributed by atoms with E-state index in [1.165, 1.54) is 14.1 Å². The van der Waals surface area contributed by atoms with Gasteiger partial charge in [0.05, 0.1) is 10.9 Å². The molecule has 1 aromatic rings. The van der Waals surface area contributed by atoms with E-state index in [0.717, 1.165) is 15.8 Å². The number of aryl methyl sites for hydroxylation is 1. The zero-order valence-corrected chi connectivity index (χ0v) is 13.2. The molecule has 0 radical (unpaired) electrons. The number of amides is 2. The molecule has 1 aliphatic heterocycles. The number of hydrogen-bond donors (Lipinski definition) is 2. The van der Waals surface area contributed by atoms with Crippen molar-refractivity contribution in [2.24, 2.45) is 7.05 Å². The molecule has 1 fully saturated rings. The lowest BCUT2D eigenvalue weighted by molar-refractivity contribution is -0.140. The van der Waals surface area contributed by atoms with Crippen LogP contribution in [0.1, 0.15) is 12.1 Å². The van der Waals surface area contributed by atoms with Crippen LogP contribution in [0, 0.1) is 0 Å². The Morgan fingerprint density at radius 3 is 2.65 bits per heavy atom. The molecular weight excluding hydrogens is 339 g/mol. The topological polar surface area (TPSA) is 96.3 Å². The lowest BCUT2D eigenvalue weighted by atomic mass is 10.3. The third kappa shape index (κ3) is 3.75. The molecule has 2 N–H and O–H groups in total. The summed E-state index contributed by atoms with van der Waals surface area (Å²) < 4.78 is 65.0. The van der Waals surface area contributed by atoms with Gasteiger partial charge in [-0.1, -0.05) is 0 Å². The quantitative estimate of drug-likeness (QED) is 0.830. The summed E-state index contributed by atoms with van der Waals surface area (Å²) in [5, 5.41) is 4.64. The van der Waals surface area contributed by atoms with Crippen molar-refractivity contribution in [2.75, 3.05) is 25.5 Å². The van der Waals surface area contributed by atoms with Crippen molar-refractivity contribution in [1.82, 2.24) is 19.4 Å². The number of nitrogens with one attached hydrogen (secondary N) is 2. The van der Waals surface area contributed by atoms with Gasteiger partial charge in [0.25, 0.3) is 0 Å². The van der Waals surface area contributed by atoms with Crippen LogP contribution in [0.4, 0.5) is 23.7 Å². The van der Waals surface area contributed by atoms with Crippen molar-refractivity contribution in [1.29, 1.82) is 0 Å². The number of anilines is 1. The number of carbonyl (C=O) groups excluding carboxylic acids is 1. The van der Waals surface area contributed by atoms with Crippen molar-refractivity contribution in [3.05, 3.63) is 11.9 Å². The molecule has 0 aliphatic carbocycles. The summed E-state index contributed by atoms with van der Waals surface area (Å²) in [4.78, 5) is 13.2. The molecule has 1 aliphatic rings. The van der Waals surface area contributed by atoms with Crippen molar-refractivity contribution >= 4 is 21.7 Å². The lowest BCUT2D eigenvalue weighted by Gasteiger charge is -2.17. The van der Waals surface area contributed by atoms with Crippen LogP contribution >= 0.6 is 0 Å². The maximum absolute atomic E-state index is 12.8. The second-order valence-electron chi connectivity index (χ2n) is 5.10. The van der Waals surface area contributed by atoms with Gasteiger partial charge in [-0.25, -0.2) is 17.9 Å². The van der Waals surface area contributed by atoms with Crippen LogP contribution in [0.15, 0.2) is 6.20 Å². The van der Waals surface area contributed by atoms with Gasteiger partial charge in [-0.3, -0.25) is 4.68 Å². The fourth-order valence-corrected chi connectivity index (χ4v) is 3.44. The summed E-state index contributed by atoms with van der Waals surface area (Å²) in [7, 11) is -0.964. The third-order valence-corrected chi connectivity index (χ3v) is 5.33. The minimum Gasteiger partial charge on any atom is -0.323 e. The molecule has 12 heteroatoms. The lowest BCUT2D eigenvalue weighted by Crippen LogP contribution is -2.38. The molecule has 1 unspecified atom stereocenters. The number of likely N-dealkylation sites (tertiary alicyclic amines) is 1. The predicted molar refractivity (Wildman–Crippen MR) is 75.2 cm³/mol. The normalized spacial score (nSPS) is 19.2. The first kappa shape index (κ1) is 17.5. The Morgan fingerprint density at radius 2 is 2.09 bits per heavy atom. The van der Waals surface area contributed by atoms with Crippen LogP contribution in [-0.2, 0) is 23.2 Å². The number of aromatic nitrogens is 2. The maximum Gasteiger partial charge on any atom is 0.437 e. The molecular formula is C11H16F3N5O3S. The van der Waals surface area contributed by atoms with Gasteiger partial charge < -0.3 is 10.2 Å². The monoisotopic (exact) mass is 355 g/mol. The minimum atomic E-state index is -4.70. The molecule has 0 spiro atoms. The van der Waals surface area contributed by atoms with Crippen molar-refractivity contribution in [2.45, 2.75) is 17.8 Å². The van der Waals surface area contributed by atoms with E-state index in [-0.39, 0.29) is 19.5 Å². The molecule has 1 aromatic heterocycles. The first-order valence-corrected chi connectivity index (χ1v) is 8.18. The average molecular weight is 355 g/mol.